The Morgan fingerprint density at radius 2 is 1.91 bits per heavy atom. The zero-order valence-corrected chi connectivity index (χ0v) is 19.8. The second-order valence-corrected chi connectivity index (χ2v) is 6.91. The molecule has 0 radical (unpaired) electrons. The zero-order chi connectivity index (χ0) is 22.3. The normalized spacial score (nSPS) is 13.5. The second-order valence-electron chi connectivity index (χ2n) is 6.91. The summed E-state index contributed by atoms with van der Waals surface area (Å²) >= 11 is 0. The van der Waals surface area contributed by atoms with Gasteiger partial charge in [-0.25, -0.2) is 4.98 Å². The van der Waals surface area contributed by atoms with E-state index >= 15 is 0 Å². The first-order valence-electron chi connectivity index (χ1n) is 9.67. The van der Waals surface area contributed by atoms with Crippen molar-refractivity contribution in [1.82, 2.24) is 19.5 Å². The summed E-state index contributed by atoms with van der Waals surface area (Å²) < 4.78 is 41.7. The summed E-state index contributed by atoms with van der Waals surface area (Å²) in [6.07, 6.45) is 8.26. The van der Waals surface area contributed by atoms with Crippen molar-refractivity contribution in [3.8, 4) is 11.4 Å². The van der Waals surface area contributed by atoms with Gasteiger partial charge in [0.25, 0.3) is 5.56 Å². The Labute approximate surface area is 205 Å². The third-order valence-electron chi connectivity index (χ3n) is 4.52. The molecular formula is C21H21F3N5NaO2. The van der Waals surface area contributed by atoms with Gasteiger partial charge in [0.05, 0.1) is 11.9 Å². The van der Waals surface area contributed by atoms with Gasteiger partial charge in [0.1, 0.15) is 5.82 Å². The molecule has 1 N–H and O–H groups in total. The molecule has 0 amide bonds. The van der Waals surface area contributed by atoms with Crippen molar-refractivity contribution >= 4 is 5.82 Å². The fourth-order valence-corrected chi connectivity index (χ4v) is 3.10. The first-order valence-corrected chi connectivity index (χ1v) is 9.67. The summed E-state index contributed by atoms with van der Waals surface area (Å²) in [6, 6.07) is 6.03. The van der Waals surface area contributed by atoms with Crippen molar-refractivity contribution in [2.45, 2.75) is 45.0 Å². The molecule has 3 heterocycles. The number of pyridine rings is 2. The summed E-state index contributed by atoms with van der Waals surface area (Å²) in [7, 11) is 0. The van der Waals surface area contributed by atoms with E-state index in [0.29, 0.717) is 17.5 Å². The Kier molecular flexibility index (Phi) is 9.67. The van der Waals surface area contributed by atoms with E-state index in [0.717, 1.165) is 29.2 Å². The minimum atomic E-state index is -4.91. The van der Waals surface area contributed by atoms with Crippen LogP contribution in [0.3, 0.4) is 0 Å². The van der Waals surface area contributed by atoms with Crippen molar-refractivity contribution in [1.29, 1.82) is 0 Å². The Hall–Kier alpha value is -2.43. The molecule has 11 heteroatoms. The molecular weight excluding hydrogens is 434 g/mol. The van der Waals surface area contributed by atoms with Crippen LogP contribution in [-0.2, 0) is 0 Å². The average Bonchev–Trinajstić information content (AvgIpc) is 3.24. The summed E-state index contributed by atoms with van der Waals surface area (Å²) in [6.45, 7) is 1.89. The Morgan fingerprint density at radius 1 is 1.16 bits per heavy atom. The van der Waals surface area contributed by atoms with Gasteiger partial charge in [-0.15, -0.1) is 25.6 Å². The summed E-state index contributed by atoms with van der Waals surface area (Å²) in [5.41, 5.74) is 0.400. The number of hydrogen-bond acceptors (Lipinski definition) is 6. The Balaban J connectivity index is 0.000000388. The van der Waals surface area contributed by atoms with E-state index in [9.17, 15) is 18.0 Å². The van der Waals surface area contributed by atoms with Crippen molar-refractivity contribution in [2.24, 2.45) is 0 Å². The number of aromatic nitrogens is 4. The number of aryl methyl sites for hydroxylation is 1. The van der Waals surface area contributed by atoms with Crippen LogP contribution in [-0.4, -0.2) is 31.9 Å². The molecule has 0 bridgehead atoms. The second kappa shape index (κ2) is 12.0. The van der Waals surface area contributed by atoms with Gasteiger partial charge in [0.15, 0.2) is 5.75 Å². The first-order chi connectivity index (χ1) is 14.8. The number of alkyl halides is 3. The van der Waals surface area contributed by atoms with Gasteiger partial charge in [-0.2, -0.15) is 0 Å². The summed E-state index contributed by atoms with van der Waals surface area (Å²) in [5.74, 6) is -0.0976. The minimum Gasteiger partial charge on any atom is -0.456 e. The van der Waals surface area contributed by atoms with Crippen molar-refractivity contribution in [3.63, 3.8) is 0 Å². The van der Waals surface area contributed by atoms with Crippen LogP contribution in [0.1, 0.15) is 31.4 Å². The zero-order valence-electron chi connectivity index (χ0n) is 17.8. The maximum atomic E-state index is 12.3. The molecule has 164 valence electrons. The number of nitrogens with one attached hydrogen (secondary N) is 1. The number of rotatable bonds is 4. The quantitative estimate of drug-likeness (QED) is 0.469. The van der Waals surface area contributed by atoms with Crippen LogP contribution < -0.4 is 45.2 Å². The molecule has 0 saturated heterocycles. The van der Waals surface area contributed by atoms with E-state index in [4.69, 9.17) is 0 Å². The SMILES string of the molecule is Cc1cn[c-]cn1.O=c1c(OC(F)(F)F)cccn1-c1ccc(NC2CCCC2)nc1.[Na+]. The van der Waals surface area contributed by atoms with Gasteiger partial charge < -0.3 is 15.0 Å². The van der Waals surface area contributed by atoms with E-state index in [1.54, 1.807) is 24.5 Å². The molecule has 7 nitrogen and oxygen atoms in total. The van der Waals surface area contributed by atoms with Gasteiger partial charge in [-0.1, -0.05) is 12.8 Å². The third kappa shape index (κ3) is 7.92. The van der Waals surface area contributed by atoms with Crippen LogP contribution in [0.2, 0.25) is 0 Å². The first kappa shape index (κ1) is 25.8. The molecule has 1 saturated carbocycles. The average molecular weight is 455 g/mol. The Bertz CT molecular complexity index is 1020. The molecule has 3 aromatic rings. The molecule has 1 aliphatic rings. The van der Waals surface area contributed by atoms with Gasteiger partial charge in [-0.05, 0) is 55.9 Å². The van der Waals surface area contributed by atoms with E-state index in [1.165, 1.54) is 31.3 Å². The fraction of sp³-hybridized carbons (Fsp3) is 0.333. The predicted molar refractivity (Wildman–Crippen MR) is 108 cm³/mol. The summed E-state index contributed by atoms with van der Waals surface area (Å²) in [5, 5.41) is 3.30. The van der Waals surface area contributed by atoms with E-state index < -0.39 is 17.7 Å². The molecule has 1 fully saturated rings. The van der Waals surface area contributed by atoms with Crippen molar-refractivity contribution < 1.29 is 47.5 Å². The number of halogens is 3. The number of anilines is 1. The molecule has 32 heavy (non-hydrogen) atoms. The number of nitrogens with zero attached hydrogens (tertiary/aromatic N) is 4. The summed E-state index contributed by atoms with van der Waals surface area (Å²) in [4.78, 5) is 23.9. The third-order valence-corrected chi connectivity index (χ3v) is 4.52. The molecule has 0 atom stereocenters. The van der Waals surface area contributed by atoms with E-state index in [1.807, 2.05) is 6.92 Å². The van der Waals surface area contributed by atoms with Crippen LogP contribution in [0.15, 0.2) is 53.8 Å². The molecule has 4 rings (SSSR count). The Morgan fingerprint density at radius 3 is 2.44 bits per heavy atom. The maximum absolute atomic E-state index is 12.3. The van der Waals surface area contributed by atoms with Crippen LogP contribution in [0.4, 0.5) is 19.0 Å². The monoisotopic (exact) mass is 455 g/mol. The van der Waals surface area contributed by atoms with Gasteiger partial charge in [0.2, 0.25) is 0 Å². The van der Waals surface area contributed by atoms with Crippen LogP contribution in [0.25, 0.3) is 5.69 Å². The topological polar surface area (TPSA) is 81.9 Å². The van der Waals surface area contributed by atoms with E-state index in [-0.39, 0.29) is 29.6 Å². The molecule has 0 aromatic carbocycles. The standard InChI is InChI=1S/C16H16F3N3O2.C5H5N2.Na/c17-16(18,19)24-13-6-3-9-22(15(13)23)12-7-8-14(20-10-12)21-11-4-1-2-5-11;1-5-4-6-2-3-7-5;/h3,6-11H,1-2,4-5H2,(H,20,21);3-4H,1H3;/q;-1;+1. The maximum Gasteiger partial charge on any atom is 1.00 e. The molecule has 1 aliphatic carbocycles. The van der Waals surface area contributed by atoms with Gasteiger partial charge in [-0.3, -0.25) is 14.3 Å². The van der Waals surface area contributed by atoms with Crippen LogP contribution >= 0.6 is 0 Å². The molecule has 3 aromatic heterocycles. The largest absolute Gasteiger partial charge is 1.00 e. The smallest absolute Gasteiger partial charge is 0.456 e. The number of ether oxygens (including phenoxy) is 1. The number of hydrogen-bond donors (Lipinski definition) is 1. The fourth-order valence-electron chi connectivity index (χ4n) is 3.10. The van der Waals surface area contributed by atoms with Crippen LogP contribution in [0.5, 0.6) is 5.75 Å². The van der Waals surface area contributed by atoms with Gasteiger partial charge >= 0.3 is 35.9 Å². The van der Waals surface area contributed by atoms with Crippen LogP contribution in [0, 0.1) is 13.1 Å². The van der Waals surface area contributed by atoms with Gasteiger partial charge in [0, 0.05) is 12.2 Å². The predicted octanol–water partition coefficient (Wildman–Crippen LogP) is 1.07. The molecule has 0 aliphatic heterocycles. The minimum absolute atomic E-state index is 0. The van der Waals surface area contributed by atoms with E-state index in [2.05, 4.69) is 31.2 Å². The molecule has 0 spiro atoms. The molecule has 0 unspecified atom stereocenters. The van der Waals surface area contributed by atoms with Crippen molar-refractivity contribution in [2.75, 3.05) is 5.32 Å². The van der Waals surface area contributed by atoms with Crippen molar-refractivity contribution in [3.05, 3.63) is 71.3 Å².